The van der Waals surface area contributed by atoms with Gasteiger partial charge in [-0.1, -0.05) is 12.8 Å². The lowest BCUT2D eigenvalue weighted by atomic mass is 10.1. The van der Waals surface area contributed by atoms with Gasteiger partial charge in [-0.05, 0) is 38.2 Å². The molecule has 1 aliphatic carbocycles. The van der Waals surface area contributed by atoms with Crippen LogP contribution in [0.5, 0.6) is 0 Å². The second-order valence-corrected chi connectivity index (χ2v) is 3.88. The zero-order valence-electron chi connectivity index (χ0n) is 9.75. The van der Waals surface area contributed by atoms with Crippen LogP contribution < -0.4 is 5.32 Å². The van der Waals surface area contributed by atoms with Crippen LogP contribution in [0.1, 0.15) is 45.4 Å². The lowest BCUT2D eigenvalue weighted by molar-refractivity contribution is -0.139. The largest absolute Gasteiger partial charge is 0.461 e. The molecule has 0 heterocycles. The maximum atomic E-state index is 11.6. The van der Waals surface area contributed by atoms with Crippen molar-refractivity contribution in [2.75, 3.05) is 6.61 Å². The molecule has 0 saturated heterocycles. The van der Waals surface area contributed by atoms with Crippen LogP contribution in [0.4, 0.5) is 0 Å². The van der Waals surface area contributed by atoms with E-state index in [0.717, 1.165) is 31.3 Å². The first-order chi connectivity index (χ1) is 7.79. The fourth-order valence-electron chi connectivity index (χ4n) is 1.97. The normalized spacial score (nSPS) is 16.2. The third-order valence-corrected chi connectivity index (χ3v) is 2.74. The monoisotopic (exact) mass is 225 g/mol. The van der Waals surface area contributed by atoms with E-state index < -0.39 is 5.97 Å². The van der Waals surface area contributed by atoms with E-state index in [1.807, 2.05) is 0 Å². The Morgan fingerprint density at radius 1 is 1.31 bits per heavy atom. The molecule has 16 heavy (non-hydrogen) atoms. The van der Waals surface area contributed by atoms with Crippen molar-refractivity contribution < 1.29 is 14.3 Å². The number of hydrogen-bond donors (Lipinski definition) is 1. The van der Waals surface area contributed by atoms with E-state index in [0.29, 0.717) is 18.7 Å². The Kier molecular flexibility index (Phi) is 5.61. The molecule has 1 rings (SSSR count). The lowest BCUT2D eigenvalue weighted by Crippen LogP contribution is -2.23. The van der Waals surface area contributed by atoms with Crippen molar-refractivity contribution in [2.45, 2.75) is 45.4 Å². The summed E-state index contributed by atoms with van der Waals surface area (Å²) in [5.74, 6) is -0.411. The Labute approximate surface area is 96.0 Å². The molecule has 0 aromatic carbocycles. The molecular weight excluding hydrogens is 206 g/mol. The summed E-state index contributed by atoms with van der Waals surface area (Å²) in [5, 5.41) is 2.49. The molecular formula is C12H19NO3. The van der Waals surface area contributed by atoms with Gasteiger partial charge >= 0.3 is 5.97 Å². The third-order valence-electron chi connectivity index (χ3n) is 2.74. The number of rotatable bonds is 4. The van der Waals surface area contributed by atoms with E-state index in [1.165, 1.54) is 12.8 Å². The highest BCUT2D eigenvalue weighted by Crippen LogP contribution is 2.24. The van der Waals surface area contributed by atoms with Gasteiger partial charge in [0.05, 0.1) is 6.61 Å². The quantitative estimate of drug-likeness (QED) is 0.344. The number of amides is 1. The second-order valence-electron chi connectivity index (χ2n) is 3.88. The summed E-state index contributed by atoms with van der Waals surface area (Å²) in [6.45, 7) is 2.09. The molecule has 0 aliphatic heterocycles. The first-order valence-electron chi connectivity index (χ1n) is 5.89. The summed E-state index contributed by atoms with van der Waals surface area (Å²) in [7, 11) is 0. The maximum absolute atomic E-state index is 11.6. The highest BCUT2D eigenvalue weighted by atomic mass is 16.5. The third kappa shape index (κ3) is 3.68. The molecule has 0 radical (unpaired) electrons. The van der Waals surface area contributed by atoms with Gasteiger partial charge in [-0.15, -0.1) is 0 Å². The SMILES string of the molecule is CCOC(=O)C(NC=O)=C1CCCCCC1. The van der Waals surface area contributed by atoms with E-state index in [1.54, 1.807) is 6.92 Å². The molecule has 0 aromatic heterocycles. The molecule has 0 unspecified atom stereocenters. The minimum atomic E-state index is -0.411. The van der Waals surface area contributed by atoms with Gasteiger partial charge in [-0.3, -0.25) is 4.79 Å². The number of nitrogens with one attached hydrogen (secondary N) is 1. The molecule has 90 valence electrons. The summed E-state index contributed by atoms with van der Waals surface area (Å²) in [6, 6.07) is 0. The summed E-state index contributed by atoms with van der Waals surface area (Å²) >= 11 is 0. The van der Waals surface area contributed by atoms with Crippen LogP contribution in [0.2, 0.25) is 0 Å². The Balaban J connectivity index is 2.82. The molecule has 1 aliphatic rings. The first-order valence-corrected chi connectivity index (χ1v) is 5.89. The van der Waals surface area contributed by atoms with Crippen molar-refractivity contribution in [3.05, 3.63) is 11.3 Å². The molecule has 1 saturated carbocycles. The van der Waals surface area contributed by atoms with Gasteiger partial charge in [0.1, 0.15) is 5.70 Å². The van der Waals surface area contributed by atoms with Gasteiger partial charge in [0.25, 0.3) is 0 Å². The van der Waals surface area contributed by atoms with Crippen molar-refractivity contribution in [3.8, 4) is 0 Å². The van der Waals surface area contributed by atoms with E-state index in [2.05, 4.69) is 5.32 Å². The van der Waals surface area contributed by atoms with Crippen LogP contribution in [-0.4, -0.2) is 19.0 Å². The first kappa shape index (κ1) is 12.7. The topological polar surface area (TPSA) is 55.4 Å². The number of hydrogen-bond acceptors (Lipinski definition) is 3. The van der Waals surface area contributed by atoms with E-state index in [4.69, 9.17) is 4.74 Å². The van der Waals surface area contributed by atoms with Gasteiger partial charge in [0, 0.05) is 0 Å². The Morgan fingerprint density at radius 2 is 1.94 bits per heavy atom. The molecule has 4 nitrogen and oxygen atoms in total. The summed E-state index contributed by atoms with van der Waals surface area (Å²) in [4.78, 5) is 22.1. The minimum Gasteiger partial charge on any atom is -0.461 e. The van der Waals surface area contributed by atoms with E-state index >= 15 is 0 Å². The fraction of sp³-hybridized carbons (Fsp3) is 0.667. The van der Waals surface area contributed by atoms with Crippen LogP contribution in [0.3, 0.4) is 0 Å². The average Bonchev–Trinajstić information content (AvgIpc) is 2.54. The van der Waals surface area contributed by atoms with Crippen LogP contribution in [0.15, 0.2) is 11.3 Å². The second kappa shape index (κ2) is 7.04. The molecule has 1 N–H and O–H groups in total. The maximum Gasteiger partial charge on any atom is 0.354 e. The number of ether oxygens (including phenoxy) is 1. The summed E-state index contributed by atoms with van der Waals surface area (Å²) in [6.07, 6.45) is 6.87. The number of carbonyl (C=O) groups excluding carboxylic acids is 2. The van der Waals surface area contributed by atoms with Crippen molar-refractivity contribution in [1.82, 2.24) is 5.32 Å². The summed E-state index contributed by atoms with van der Waals surface area (Å²) < 4.78 is 4.93. The van der Waals surface area contributed by atoms with Gasteiger partial charge in [-0.25, -0.2) is 4.79 Å². The highest BCUT2D eigenvalue weighted by molar-refractivity contribution is 5.91. The van der Waals surface area contributed by atoms with E-state index in [-0.39, 0.29) is 0 Å². The zero-order chi connectivity index (χ0) is 11.8. The molecule has 1 fully saturated rings. The van der Waals surface area contributed by atoms with Crippen LogP contribution in [-0.2, 0) is 14.3 Å². The number of allylic oxidation sites excluding steroid dienone is 1. The lowest BCUT2D eigenvalue weighted by Gasteiger charge is -2.11. The average molecular weight is 225 g/mol. The molecule has 0 bridgehead atoms. The van der Waals surface area contributed by atoms with Gasteiger partial charge in [0.2, 0.25) is 6.41 Å². The standard InChI is InChI=1S/C12H19NO3/c1-2-16-12(15)11(13-9-14)10-7-5-3-4-6-8-10/h9H,2-8H2,1H3,(H,13,14). The molecule has 1 amide bonds. The van der Waals surface area contributed by atoms with E-state index in [9.17, 15) is 9.59 Å². The molecule has 0 aromatic rings. The zero-order valence-corrected chi connectivity index (χ0v) is 9.75. The van der Waals surface area contributed by atoms with Crippen LogP contribution >= 0.6 is 0 Å². The molecule has 0 spiro atoms. The molecule has 0 atom stereocenters. The van der Waals surface area contributed by atoms with Crippen molar-refractivity contribution in [1.29, 1.82) is 0 Å². The van der Waals surface area contributed by atoms with Crippen LogP contribution in [0, 0.1) is 0 Å². The van der Waals surface area contributed by atoms with Crippen molar-refractivity contribution >= 4 is 12.4 Å². The van der Waals surface area contributed by atoms with Gasteiger partial charge in [0.15, 0.2) is 0 Å². The Morgan fingerprint density at radius 3 is 2.44 bits per heavy atom. The van der Waals surface area contributed by atoms with Crippen molar-refractivity contribution in [3.63, 3.8) is 0 Å². The number of carbonyl (C=O) groups is 2. The molecule has 4 heteroatoms. The Hall–Kier alpha value is -1.32. The predicted octanol–water partition coefficient (Wildman–Crippen LogP) is 1.90. The Bertz CT molecular complexity index is 274. The van der Waals surface area contributed by atoms with Crippen molar-refractivity contribution in [2.24, 2.45) is 0 Å². The minimum absolute atomic E-state index is 0.330. The smallest absolute Gasteiger partial charge is 0.354 e. The van der Waals surface area contributed by atoms with Crippen LogP contribution in [0.25, 0.3) is 0 Å². The van der Waals surface area contributed by atoms with Gasteiger partial charge < -0.3 is 10.1 Å². The van der Waals surface area contributed by atoms with Gasteiger partial charge in [-0.2, -0.15) is 0 Å². The predicted molar refractivity (Wildman–Crippen MR) is 60.6 cm³/mol. The fourth-order valence-corrected chi connectivity index (χ4v) is 1.97. The summed E-state index contributed by atoms with van der Waals surface area (Å²) in [5.41, 5.74) is 1.39. The number of esters is 1. The highest BCUT2D eigenvalue weighted by Gasteiger charge is 2.17.